The van der Waals surface area contributed by atoms with Gasteiger partial charge in [0.1, 0.15) is 5.69 Å². The highest BCUT2D eigenvalue weighted by Crippen LogP contribution is 2.33. The van der Waals surface area contributed by atoms with E-state index in [2.05, 4.69) is 10.3 Å². The summed E-state index contributed by atoms with van der Waals surface area (Å²) < 4.78 is 28.7. The monoisotopic (exact) mass is 299 g/mol. The lowest BCUT2D eigenvalue weighted by Crippen LogP contribution is -2.35. The maximum absolute atomic E-state index is 11.7. The lowest BCUT2D eigenvalue weighted by molar-refractivity contribution is 0.399. The van der Waals surface area contributed by atoms with E-state index in [9.17, 15) is 8.42 Å². The van der Waals surface area contributed by atoms with Crippen LogP contribution in [0, 0.1) is 0 Å². The number of hydrogen-bond acceptors (Lipinski definition) is 6. The summed E-state index contributed by atoms with van der Waals surface area (Å²) in [5, 5.41) is 3.30. The lowest BCUT2D eigenvalue weighted by Gasteiger charge is -2.27. The van der Waals surface area contributed by atoms with E-state index in [1.807, 2.05) is 25.1 Å². The van der Waals surface area contributed by atoms with Crippen molar-refractivity contribution >= 4 is 21.2 Å². The van der Waals surface area contributed by atoms with Crippen molar-refractivity contribution < 1.29 is 13.2 Å². The molecule has 1 saturated heterocycles. The third-order valence-electron chi connectivity index (χ3n) is 3.38. The molecule has 0 bridgehead atoms. The summed E-state index contributed by atoms with van der Waals surface area (Å²) in [5.74, 6) is 0.938. The number of nitrogens with zero attached hydrogens (tertiary/aromatic N) is 2. The molecule has 7 heteroatoms. The lowest BCUT2D eigenvalue weighted by atomic mass is 10.1. The van der Waals surface area contributed by atoms with Gasteiger partial charge in [-0.2, -0.15) is 0 Å². The summed E-state index contributed by atoms with van der Waals surface area (Å²) in [6.07, 6.45) is 3.21. The highest BCUT2D eigenvalue weighted by Gasteiger charge is 2.26. The van der Waals surface area contributed by atoms with Crippen LogP contribution >= 0.6 is 0 Å². The fraction of sp³-hybridized carbons (Fsp3) is 0.615. The molecular weight excluding hydrogens is 278 g/mol. The van der Waals surface area contributed by atoms with Crippen LogP contribution in [0.2, 0.25) is 0 Å². The van der Waals surface area contributed by atoms with Crippen molar-refractivity contribution in [2.75, 3.05) is 42.9 Å². The Balaban J connectivity index is 2.28. The first-order valence-electron chi connectivity index (χ1n) is 6.60. The van der Waals surface area contributed by atoms with Crippen molar-refractivity contribution in [3.8, 4) is 5.88 Å². The molecule has 0 amide bonds. The molecule has 1 aliphatic heterocycles. The Morgan fingerprint density at radius 3 is 2.80 bits per heavy atom. The minimum Gasteiger partial charge on any atom is -0.479 e. The number of nitrogens with one attached hydrogen (secondary N) is 1. The van der Waals surface area contributed by atoms with Gasteiger partial charge in [-0.05, 0) is 18.9 Å². The van der Waals surface area contributed by atoms with Gasteiger partial charge < -0.3 is 15.0 Å². The molecule has 112 valence electrons. The second-order valence-corrected chi connectivity index (χ2v) is 7.44. The zero-order chi connectivity index (χ0) is 14.8. The SMILES string of the molecule is COc1nccc(N(C)C)c1NC1CCCS(=O)(=O)C1. The van der Waals surface area contributed by atoms with Gasteiger partial charge in [0.05, 0.1) is 24.3 Å². The largest absolute Gasteiger partial charge is 0.479 e. The van der Waals surface area contributed by atoms with Gasteiger partial charge in [0.2, 0.25) is 5.88 Å². The number of hydrogen-bond donors (Lipinski definition) is 1. The maximum Gasteiger partial charge on any atom is 0.239 e. The van der Waals surface area contributed by atoms with E-state index in [1.54, 1.807) is 13.3 Å². The molecule has 0 saturated carbocycles. The third-order valence-corrected chi connectivity index (χ3v) is 5.20. The van der Waals surface area contributed by atoms with Gasteiger partial charge in [-0.15, -0.1) is 0 Å². The van der Waals surface area contributed by atoms with Gasteiger partial charge in [0.25, 0.3) is 0 Å². The van der Waals surface area contributed by atoms with Crippen molar-refractivity contribution in [3.63, 3.8) is 0 Å². The van der Waals surface area contributed by atoms with Gasteiger partial charge in [0, 0.05) is 26.3 Å². The van der Waals surface area contributed by atoms with Crippen molar-refractivity contribution in [3.05, 3.63) is 12.3 Å². The van der Waals surface area contributed by atoms with E-state index in [1.165, 1.54) is 0 Å². The molecule has 1 aliphatic rings. The number of methoxy groups -OCH3 is 1. The third kappa shape index (κ3) is 3.33. The van der Waals surface area contributed by atoms with Crippen LogP contribution in [-0.4, -0.2) is 52.2 Å². The first-order chi connectivity index (χ1) is 9.43. The molecule has 0 radical (unpaired) electrons. The number of ether oxygens (including phenoxy) is 1. The minimum atomic E-state index is -2.94. The number of aromatic nitrogens is 1. The zero-order valence-corrected chi connectivity index (χ0v) is 12.9. The van der Waals surface area contributed by atoms with Gasteiger partial charge in [-0.1, -0.05) is 0 Å². The van der Waals surface area contributed by atoms with Crippen LogP contribution in [0.3, 0.4) is 0 Å². The summed E-state index contributed by atoms with van der Waals surface area (Å²) in [5.41, 5.74) is 1.68. The van der Waals surface area contributed by atoms with Gasteiger partial charge in [0.15, 0.2) is 9.84 Å². The predicted octanol–water partition coefficient (Wildman–Crippen LogP) is 1.15. The summed E-state index contributed by atoms with van der Waals surface area (Å²) in [6.45, 7) is 0. The second-order valence-electron chi connectivity index (χ2n) is 5.21. The fourth-order valence-corrected chi connectivity index (χ4v) is 4.07. The van der Waals surface area contributed by atoms with Crippen LogP contribution in [0.15, 0.2) is 12.3 Å². The quantitative estimate of drug-likeness (QED) is 0.899. The zero-order valence-electron chi connectivity index (χ0n) is 12.1. The van der Waals surface area contributed by atoms with E-state index in [4.69, 9.17) is 4.74 Å². The Morgan fingerprint density at radius 1 is 1.45 bits per heavy atom. The van der Waals surface area contributed by atoms with Crippen LogP contribution in [0.25, 0.3) is 0 Å². The molecule has 1 aromatic heterocycles. The predicted molar refractivity (Wildman–Crippen MR) is 80.4 cm³/mol. The van der Waals surface area contributed by atoms with Crippen molar-refractivity contribution in [1.82, 2.24) is 4.98 Å². The highest BCUT2D eigenvalue weighted by molar-refractivity contribution is 7.91. The maximum atomic E-state index is 11.7. The van der Waals surface area contributed by atoms with Gasteiger partial charge in [-0.25, -0.2) is 13.4 Å². The molecule has 20 heavy (non-hydrogen) atoms. The summed E-state index contributed by atoms with van der Waals surface area (Å²) in [4.78, 5) is 6.13. The molecule has 0 aromatic carbocycles. The van der Waals surface area contributed by atoms with Crippen LogP contribution in [0.5, 0.6) is 5.88 Å². The van der Waals surface area contributed by atoms with Gasteiger partial charge >= 0.3 is 0 Å². The minimum absolute atomic E-state index is 0.0921. The fourth-order valence-electron chi connectivity index (χ4n) is 2.44. The summed E-state index contributed by atoms with van der Waals surface area (Å²) in [7, 11) is 2.47. The van der Waals surface area contributed by atoms with E-state index < -0.39 is 9.84 Å². The Labute approximate surface area is 120 Å². The number of rotatable bonds is 4. The molecule has 6 nitrogen and oxygen atoms in total. The Kier molecular flexibility index (Phi) is 4.37. The van der Waals surface area contributed by atoms with E-state index in [-0.39, 0.29) is 17.5 Å². The summed E-state index contributed by atoms with van der Waals surface area (Å²) in [6, 6.07) is 1.79. The topological polar surface area (TPSA) is 71.5 Å². The van der Waals surface area contributed by atoms with Crippen molar-refractivity contribution in [1.29, 1.82) is 0 Å². The molecular formula is C13H21N3O3S. The Morgan fingerprint density at radius 2 is 2.20 bits per heavy atom. The van der Waals surface area contributed by atoms with E-state index in [0.29, 0.717) is 12.3 Å². The molecule has 2 rings (SSSR count). The second kappa shape index (κ2) is 5.87. The number of sulfone groups is 1. The molecule has 1 unspecified atom stereocenters. The summed E-state index contributed by atoms with van der Waals surface area (Å²) >= 11 is 0. The molecule has 1 atom stereocenters. The molecule has 2 heterocycles. The van der Waals surface area contributed by atoms with Crippen LogP contribution in [-0.2, 0) is 9.84 Å². The normalized spacial score (nSPS) is 21.2. The molecule has 1 aromatic rings. The van der Waals surface area contributed by atoms with Crippen LogP contribution < -0.4 is 15.0 Å². The molecule has 0 aliphatic carbocycles. The average molecular weight is 299 g/mol. The van der Waals surface area contributed by atoms with Crippen molar-refractivity contribution in [2.45, 2.75) is 18.9 Å². The molecule has 0 spiro atoms. The van der Waals surface area contributed by atoms with Crippen LogP contribution in [0.1, 0.15) is 12.8 Å². The average Bonchev–Trinajstić information content (AvgIpc) is 2.37. The number of pyridine rings is 1. The Bertz CT molecular complexity index is 572. The molecule has 1 fully saturated rings. The first kappa shape index (κ1) is 14.9. The first-order valence-corrected chi connectivity index (χ1v) is 8.42. The highest BCUT2D eigenvalue weighted by atomic mass is 32.2. The Hall–Kier alpha value is -1.50. The standard InChI is InChI=1S/C13H21N3O3S/c1-16(2)11-6-7-14-13(19-3)12(11)15-10-5-4-8-20(17,18)9-10/h6-7,10,15H,4-5,8-9H2,1-3H3. The number of anilines is 2. The van der Waals surface area contributed by atoms with E-state index in [0.717, 1.165) is 17.8 Å². The smallest absolute Gasteiger partial charge is 0.239 e. The molecule has 1 N–H and O–H groups in total. The van der Waals surface area contributed by atoms with Crippen molar-refractivity contribution in [2.24, 2.45) is 0 Å². The van der Waals surface area contributed by atoms with Crippen LogP contribution in [0.4, 0.5) is 11.4 Å². The van der Waals surface area contributed by atoms with Gasteiger partial charge in [-0.3, -0.25) is 0 Å². The van der Waals surface area contributed by atoms with E-state index >= 15 is 0 Å².